The van der Waals surface area contributed by atoms with Gasteiger partial charge in [-0.1, -0.05) is 29.3 Å². The van der Waals surface area contributed by atoms with Crippen molar-refractivity contribution < 1.29 is 9.59 Å². The van der Waals surface area contributed by atoms with E-state index in [4.69, 9.17) is 0 Å². The average Bonchev–Trinajstić information content (AvgIpc) is 2.57. The molecule has 0 aliphatic heterocycles. The van der Waals surface area contributed by atoms with Gasteiger partial charge in [-0.25, -0.2) is 0 Å². The summed E-state index contributed by atoms with van der Waals surface area (Å²) < 4.78 is 0.953. The van der Waals surface area contributed by atoms with Crippen LogP contribution in [-0.4, -0.2) is 18.4 Å². The number of halogens is 1. The zero-order valence-corrected chi connectivity index (χ0v) is 14.5. The van der Waals surface area contributed by atoms with Gasteiger partial charge in [0, 0.05) is 27.8 Å². The van der Waals surface area contributed by atoms with E-state index >= 15 is 0 Å². The van der Waals surface area contributed by atoms with Crippen molar-refractivity contribution in [1.29, 1.82) is 0 Å². The normalized spacial score (nSPS) is 10.2. The first kappa shape index (κ1) is 17.2. The predicted molar refractivity (Wildman–Crippen MR) is 95.8 cm³/mol. The maximum atomic E-state index is 12.2. The number of hydrogen-bond donors (Lipinski definition) is 2. The van der Waals surface area contributed by atoms with Crippen molar-refractivity contribution >= 4 is 33.4 Å². The van der Waals surface area contributed by atoms with E-state index in [0.29, 0.717) is 17.7 Å². The van der Waals surface area contributed by atoms with Crippen LogP contribution >= 0.6 is 15.9 Å². The van der Waals surface area contributed by atoms with Crippen molar-refractivity contribution in [1.82, 2.24) is 5.32 Å². The minimum Gasteiger partial charge on any atom is -0.352 e. The van der Waals surface area contributed by atoms with Crippen LogP contribution in [0.15, 0.2) is 53.0 Å². The van der Waals surface area contributed by atoms with Gasteiger partial charge in [-0.2, -0.15) is 0 Å². The molecule has 0 heterocycles. The van der Waals surface area contributed by atoms with Crippen molar-refractivity contribution in [2.75, 3.05) is 11.9 Å². The summed E-state index contributed by atoms with van der Waals surface area (Å²) >= 11 is 3.35. The third-order valence-corrected chi connectivity index (χ3v) is 3.86. The molecule has 2 amide bonds. The van der Waals surface area contributed by atoms with Gasteiger partial charge in [-0.15, -0.1) is 0 Å². The molecule has 0 fully saturated rings. The number of unbranched alkanes of at least 4 members (excludes halogenated alkanes) is 1. The quantitative estimate of drug-likeness (QED) is 0.743. The fourth-order valence-electron chi connectivity index (χ4n) is 1.99. The van der Waals surface area contributed by atoms with Crippen LogP contribution in [0.2, 0.25) is 0 Å². The molecule has 2 N–H and O–H groups in total. The summed E-state index contributed by atoms with van der Waals surface area (Å²) in [4.78, 5) is 24.1. The van der Waals surface area contributed by atoms with E-state index in [0.717, 1.165) is 23.0 Å². The SMILES string of the molecule is CCCCNC(=O)c1ccc(C(=O)Nc2ccc(Br)cc2)cc1. The fourth-order valence-corrected chi connectivity index (χ4v) is 2.25. The minimum absolute atomic E-state index is 0.113. The summed E-state index contributed by atoms with van der Waals surface area (Å²) in [7, 11) is 0. The number of anilines is 1. The van der Waals surface area contributed by atoms with E-state index in [2.05, 4.69) is 33.5 Å². The summed E-state index contributed by atoms with van der Waals surface area (Å²) in [5.41, 5.74) is 1.79. The second-order valence-electron chi connectivity index (χ2n) is 5.15. The molecule has 5 heteroatoms. The molecular weight excluding hydrogens is 356 g/mol. The van der Waals surface area contributed by atoms with E-state index in [9.17, 15) is 9.59 Å². The number of amides is 2. The highest BCUT2D eigenvalue weighted by Gasteiger charge is 2.09. The van der Waals surface area contributed by atoms with Gasteiger partial charge in [-0.3, -0.25) is 9.59 Å². The van der Waals surface area contributed by atoms with Crippen molar-refractivity contribution in [3.05, 3.63) is 64.1 Å². The molecular formula is C18H19BrN2O2. The molecule has 23 heavy (non-hydrogen) atoms. The van der Waals surface area contributed by atoms with Gasteiger partial charge in [0.2, 0.25) is 0 Å². The second kappa shape index (κ2) is 8.48. The molecule has 2 rings (SSSR count). The van der Waals surface area contributed by atoms with Crippen LogP contribution in [0.4, 0.5) is 5.69 Å². The highest BCUT2D eigenvalue weighted by atomic mass is 79.9. The Hall–Kier alpha value is -2.14. The van der Waals surface area contributed by atoms with Crippen LogP contribution < -0.4 is 10.6 Å². The zero-order valence-electron chi connectivity index (χ0n) is 12.9. The molecule has 0 atom stereocenters. The third-order valence-electron chi connectivity index (χ3n) is 3.33. The van der Waals surface area contributed by atoms with E-state index < -0.39 is 0 Å². The Kier molecular flexibility index (Phi) is 6.35. The maximum absolute atomic E-state index is 12.2. The Balaban J connectivity index is 1.97. The van der Waals surface area contributed by atoms with Gasteiger partial charge in [-0.05, 0) is 55.0 Å². The molecule has 0 unspecified atom stereocenters. The molecule has 2 aromatic carbocycles. The van der Waals surface area contributed by atoms with Crippen LogP contribution in [0.25, 0.3) is 0 Å². The lowest BCUT2D eigenvalue weighted by molar-refractivity contribution is 0.0951. The van der Waals surface area contributed by atoms with Crippen LogP contribution in [0.1, 0.15) is 40.5 Å². The Bertz CT molecular complexity index is 666. The molecule has 0 spiro atoms. The van der Waals surface area contributed by atoms with Crippen LogP contribution in [0.5, 0.6) is 0 Å². The fraction of sp³-hybridized carbons (Fsp3) is 0.222. The number of rotatable bonds is 6. The lowest BCUT2D eigenvalue weighted by atomic mass is 10.1. The van der Waals surface area contributed by atoms with Gasteiger partial charge in [0.25, 0.3) is 11.8 Å². The number of hydrogen-bond acceptors (Lipinski definition) is 2. The number of carbonyl (C=O) groups is 2. The van der Waals surface area contributed by atoms with Crippen molar-refractivity contribution in [3.63, 3.8) is 0 Å². The van der Waals surface area contributed by atoms with E-state index in [1.807, 2.05) is 24.3 Å². The van der Waals surface area contributed by atoms with E-state index in [1.54, 1.807) is 24.3 Å². The first-order valence-corrected chi connectivity index (χ1v) is 8.34. The Labute approximate surface area is 144 Å². The molecule has 0 bridgehead atoms. The molecule has 4 nitrogen and oxygen atoms in total. The van der Waals surface area contributed by atoms with Crippen molar-refractivity contribution in [2.24, 2.45) is 0 Å². The summed E-state index contributed by atoms with van der Waals surface area (Å²) in [6, 6.07) is 14.0. The van der Waals surface area contributed by atoms with Gasteiger partial charge in [0.05, 0.1) is 0 Å². The van der Waals surface area contributed by atoms with Crippen molar-refractivity contribution in [2.45, 2.75) is 19.8 Å². The zero-order chi connectivity index (χ0) is 16.7. The highest BCUT2D eigenvalue weighted by molar-refractivity contribution is 9.10. The monoisotopic (exact) mass is 374 g/mol. The Morgan fingerprint density at radius 3 is 2.04 bits per heavy atom. The summed E-state index contributed by atoms with van der Waals surface area (Å²) in [5.74, 6) is -0.316. The first-order valence-electron chi connectivity index (χ1n) is 7.55. The van der Waals surface area contributed by atoms with Crippen LogP contribution in [0.3, 0.4) is 0 Å². The molecule has 0 saturated heterocycles. The second-order valence-corrected chi connectivity index (χ2v) is 6.06. The number of nitrogens with one attached hydrogen (secondary N) is 2. The standard InChI is InChI=1S/C18H19BrN2O2/c1-2-3-12-20-17(22)13-4-6-14(7-5-13)18(23)21-16-10-8-15(19)9-11-16/h4-11H,2-3,12H2,1H3,(H,20,22)(H,21,23). The smallest absolute Gasteiger partial charge is 0.255 e. The maximum Gasteiger partial charge on any atom is 0.255 e. The average molecular weight is 375 g/mol. The van der Waals surface area contributed by atoms with Gasteiger partial charge in [0.15, 0.2) is 0 Å². The molecule has 120 valence electrons. The number of benzene rings is 2. The lowest BCUT2D eigenvalue weighted by Gasteiger charge is -2.07. The van der Waals surface area contributed by atoms with Gasteiger partial charge in [0.1, 0.15) is 0 Å². The molecule has 0 radical (unpaired) electrons. The van der Waals surface area contributed by atoms with Crippen LogP contribution in [0, 0.1) is 0 Å². The Morgan fingerprint density at radius 2 is 1.48 bits per heavy atom. The minimum atomic E-state index is -0.203. The van der Waals surface area contributed by atoms with Gasteiger partial charge >= 0.3 is 0 Å². The topological polar surface area (TPSA) is 58.2 Å². The Morgan fingerprint density at radius 1 is 0.913 bits per heavy atom. The van der Waals surface area contributed by atoms with E-state index in [1.165, 1.54) is 0 Å². The summed E-state index contributed by atoms with van der Waals surface area (Å²) in [6.07, 6.45) is 1.99. The van der Waals surface area contributed by atoms with Gasteiger partial charge < -0.3 is 10.6 Å². The molecule has 0 aliphatic rings. The third kappa shape index (κ3) is 5.21. The summed E-state index contributed by atoms with van der Waals surface area (Å²) in [5, 5.41) is 5.67. The predicted octanol–water partition coefficient (Wildman–Crippen LogP) is 4.23. The highest BCUT2D eigenvalue weighted by Crippen LogP contribution is 2.15. The molecule has 0 aliphatic carbocycles. The molecule has 0 saturated carbocycles. The lowest BCUT2D eigenvalue weighted by Crippen LogP contribution is -2.24. The van der Waals surface area contributed by atoms with Crippen molar-refractivity contribution in [3.8, 4) is 0 Å². The van der Waals surface area contributed by atoms with E-state index in [-0.39, 0.29) is 11.8 Å². The van der Waals surface area contributed by atoms with Crippen LogP contribution in [-0.2, 0) is 0 Å². The summed E-state index contributed by atoms with van der Waals surface area (Å²) in [6.45, 7) is 2.74. The molecule has 2 aromatic rings. The largest absolute Gasteiger partial charge is 0.352 e. The molecule has 0 aromatic heterocycles. The first-order chi connectivity index (χ1) is 11.1. The number of carbonyl (C=O) groups excluding carboxylic acids is 2.